The molecule has 0 heterocycles. The maximum Gasteiger partial charge on any atom is 0.170 e. The Kier molecular flexibility index (Phi) is 4.46. The van der Waals surface area contributed by atoms with E-state index < -0.39 is 0 Å². The highest BCUT2D eigenvalue weighted by Gasteiger charge is 1.81. The van der Waals surface area contributed by atoms with E-state index >= 15 is 0 Å². The van der Waals surface area contributed by atoms with Crippen LogP contribution in [0.5, 0.6) is 0 Å². The van der Waals surface area contributed by atoms with Crippen molar-refractivity contribution in [2.75, 3.05) is 0 Å². The summed E-state index contributed by atoms with van der Waals surface area (Å²) in [6, 6.07) is 0. The van der Waals surface area contributed by atoms with E-state index in [0.717, 1.165) is 6.42 Å². The van der Waals surface area contributed by atoms with Crippen molar-refractivity contribution < 1.29 is 4.79 Å². The number of rotatable bonds is 3. The first-order valence-corrected chi connectivity index (χ1v) is 3.36. The average molecular weight is 139 g/mol. The Labute approximate surface area is 61.7 Å². The molecule has 0 spiro atoms. The zero-order valence-corrected chi connectivity index (χ0v) is 6.72. The van der Waals surface area contributed by atoms with Gasteiger partial charge < -0.3 is 0 Å². The predicted molar refractivity (Wildman–Crippen MR) is 43.2 cm³/mol. The Morgan fingerprint density at radius 3 is 2.50 bits per heavy atom. The summed E-state index contributed by atoms with van der Waals surface area (Å²) in [4.78, 5) is 14.1. The summed E-state index contributed by atoms with van der Waals surface area (Å²) in [5, 5.41) is 0. The van der Waals surface area contributed by atoms with Gasteiger partial charge in [-0.05, 0) is 13.3 Å². The molecule has 0 atom stereocenters. The molecule has 0 N–H and O–H groups in total. The fraction of sp³-hybridized carbons (Fsp3) is 0.500. The number of aliphatic imine (C=N–C) groups is 1. The van der Waals surface area contributed by atoms with Crippen molar-refractivity contribution in [3.8, 4) is 0 Å². The number of hydrogen-bond acceptors (Lipinski definition) is 2. The average Bonchev–Trinajstić information content (AvgIpc) is 1.87. The quantitative estimate of drug-likeness (QED) is 0.549. The number of allylic oxidation sites excluding steroid dienone is 1. The van der Waals surface area contributed by atoms with Gasteiger partial charge in [-0.25, -0.2) is 0 Å². The number of carbonyl (C=O) groups excluding carboxylic acids is 1. The zero-order valence-electron chi connectivity index (χ0n) is 6.72. The maximum atomic E-state index is 10.3. The molecule has 0 aromatic heterocycles. The van der Waals surface area contributed by atoms with Gasteiger partial charge in [-0.3, -0.25) is 9.79 Å². The molecule has 0 amide bonds. The van der Waals surface area contributed by atoms with E-state index in [0.29, 0.717) is 0 Å². The summed E-state index contributed by atoms with van der Waals surface area (Å²) < 4.78 is 0. The molecule has 0 saturated heterocycles. The molecule has 0 fully saturated rings. The normalized spacial score (nSPS) is 12.5. The first kappa shape index (κ1) is 9.08. The molecular formula is C8H13NO. The van der Waals surface area contributed by atoms with Gasteiger partial charge in [0, 0.05) is 13.1 Å². The smallest absolute Gasteiger partial charge is 0.170 e. The summed E-state index contributed by atoms with van der Waals surface area (Å²) in [5.41, 5.74) is 1.18. The second-order valence-electron chi connectivity index (χ2n) is 2.22. The lowest BCUT2D eigenvalue weighted by Crippen LogP contribution is -1.87. The molecule has 0 bridgehead atoms. The fourth-order valence-corrected chi connectivity index (χ4v) is 0.361. The standard InChI is InChI=1S/C8H13NO/c1-4-7(2)5-9-6-8(3)10/h5-6H,4H2,1-3H3/b7-5+,9-6?. The Bertz CT molecular complexity index is 168. The molecule has 10 heavy (non-hydrogen) atoms. The second-order valence-corrected chi connectivity index (χ2v) is 2.22. The third-order valence-electron chi connectivity index (χ3n) is 1.11. The molecule has 2 nitrogen and oxygen atoms in total. The third-order valence-corrected chi connectivity index (χ3v) is 1.11. The number of carbonyl (C=O) groups is 1. The summed E-state index contributed by atoms with van der Waals surface area (Å²) in [7, 11) is 0. The van der Waals surface area contributed by atoms with Crippen molar-refractivity contribution >= 4 is 12.0 Å². The van der Waals surface area contributed by atoms with Crippen LogP contribution in [-0.2, 0) is 4.79 Å². The molecule has 0 aliphatic carbocycles. The third kappa shape index (κ3) is 5.22. The van der Waals surface area contributed by atoms with Crippen molar-refractivity contribution in [3.05, 3.63) is 11.8 Å². The van der Waals surface area contributed by atoms with Crippen LogP contribution in [0, 0.1) is 0 Å². The van der Waals surface area contributed by atoms with Crippen LogP contribution in [-0.4, -0.2) is 12.0 Å². The Balaban J connectivity index is 3.82. The molecule has 0 saturated carbocycles. The minimum atomic E-state index is -0.0137. The molecule has 0 radical (unpaired) electrons. The maximum absolute atomic E-state index is 10.3. The Hall–Kier alpha value is -0.920. The monoisotopic (exact) mass is 139 g/mol. The van der Waals surface area contributed by atoms with Gasteiger partial charge in [-0.15, -0.1) is 0 Å². The molecule has 0 aromatic carbocycles. The lowest BCUT2D eigenvalue weighted by molar-refractivity contribution is -0.110. The van der Waals surface area contributed by atoms with E-state index in [1.54, 1.807) is 6.20 Å². The van der Waals surface area contributed by atoms with Gasteiger partial charge in [0.25, 0.3) is 0 Å². The molecule has 0 aromatic rings. The second kappa shape index (κ2) is 4.91. The van der Waals surface area contributed by atoms with E-state index in [1.165, 1.54) is 18.7 Å². The largest absolute Gasteiger partial charge is 0.293 e. The number of Topliss-reactive ketones (excluding diaryl/α,β-unsaturated/α-hetero) is 1. The summed E-state index contributed by atoms with van der Waals surface area (Å²) in [6.45, 7) is 5.52. The summed E-state index contributed by atoms with van der Waals surface area (Å²) >= 11 is 0. The van der Waals surface area contributed by atoms with Gasteiger partial charge in [-0.1, -0.05) is 12.5 Å². The van der Waals surface area contributed by atoms with Crippen LogP contribution in [0.15, 0.2) is 16.8 Å². The van der Waals surface area contributed by atoms with Gasteiger partial charge in [0.15, 0.2) is 5.78 Å². The lowest BCUT2D eigenvalue weighted by Gasteiger charge is -1.87. The molecule has 0 aliphatic heterocycles. The van der Waals surface area contributed by atoms with Crippen LogP contribution < -0.4 is 0 Å². The van der Waals surface area contributed by atoms with Gasteiger partial charge in [0.05, 0.1) is 6.21 Å². The lowest BCUT2D eigenvalue weighted by atomic mass is 10.3. The van der Waals surface area contributed by atoms with E-state index in [4.69, 9.17) is 0 Å². The highest BCUT2D eigenvalue weighted by molar-refractivity contribution is 6.26. The van der Waals surface area contributed by atoms with Gasteiger partial charge in [-0.2, -0.15) is 0 Å². The highest BCUT2D eigenvalue weighted by Crippen LogP contribution is 1.96. The number of nitrogens with zero attached hydrogens (tertiary/aromatic N) is 1. The Morgan fingerprint density at radius 1 is 1.50 bits per heavy atom. The molecule has 0 aliphatic rings. The van der Waals surface area contributed by atoms with E-state index in [9.17, 15) is 4.79 Å². The van der Waals surface area contributed by atoms with Crippen LogP contribution in [0.4, 0.5) is 0 Å². The molecule has 2 heteroatoms. The minimum absolute atomic E-state index is 0.0137. The van der Waals surface area contributed by atoms with Gasteiger partial charge in [0.2, 0.25) is 0 Å². The highest BCUT2D eigenvalue weighted by atomic mass is 16.1. The topological polar surface area (TPSA) is 29.4 Å². The van der Waals surface area contributed by atoms with Crippen LogP contribution in [0.1, 0.15) is 27.2 Å². The van der Waals surface area contributed by atoms with Crippen LogP contribution in [0.25, 0.3) is 0 Å². The molecular weight excluding hydrogens is 126 g/mol. The SMILES string of the molecule is CC/C(C)=C/N=CC(C)=O. The van der Waals surface area contributed by atoms with Crippen LogP contribution >= 0.6 is 0 Å². The molecule has 0 unspecified atom stereocenters. The fourth-order valence-electron chi connectivity index (χ4n) is 0.361. The van der Waals surface area contributed by atoms with Crippen LogP contribution in [0.2, 0.25) is 0 Å². The van der Waals surface area contributed by atoms with Crippen molar-refractivity contribution in [2.24, 2.45) is 4.99 Å². The van der Waals surface area contributed by atoms with E-state index in [2.05, 4.69) is 11.9 Å². The van der Waals surface area contributed by atoms with E-state index in [-0.39, 0.29) is 5.78 Å². The minimum Gasteiger partial charge on any atom is -0.293 e. The van der Waals surface area contributed by atoms with Gasteiger partial charge in [0.1, 0.15) is 0 Å². The van der Waals surface area contributed by atoms with Crippen molar-refractivity contribution in [1.82, 2.24) is 0 Å². The number of ketones is 1. The van der Waals surface area contributed by atoms with Crippen LogP contribution in [0.3, 0.4) is 0 Å². The first-order chi connectivity index (χ1) is 4.66. The van der Waals surface area contributed by atoms with E-state index in [1.807, 2.05) is 6.92 Å². The van der Waals surface area contributed by atoms with Crippen molar-refractivity contribution in [2.45, 2.75) is 27.2 Å². The zero-order chi connectivity index (χ0) is 7.98. The summed E-state index contributed by atoms with van der Waals surface area (Å²) in [5.74, 6) is -0.0137. The molecule has 0 rings (SSSR count). The van der Waals surface area contributed by atoms with Crippen molar-refractivity contribution in [1.29, 1.82) is 0 Å². The van der Waals surface area contributed by atoms with Gasteiger partial charge >= 0.3 is 0 Å². The predicted octanol–water partition coefficient (Wildman–Crippen LogP) is 1.96. The number of hydrogen-bond donors (Lipinski definition) is 0. The molecule has 56 valence electrons. The Morgan fingerprint density at radius 2 is 2.10 bits per heavy atom. The van der Waals surface area contributed by atoms with Crippen molar-refractivity contribution in [3.63, 3.8) is 0 Å². The first-order valence-electron chi connectivity index (χ1n) is 3.36. The summed E-state index contributed by atoms with van der Waals surface area (Å²) in [6.07, 6.45) is 4.01.